The first-order chi connectivity index (χ1) is 8.24. The van der Waals surface area contributed by atoms with Crippen molar-refractivity contribution in [3.63, 3.8) is 0 Å². The van der Waals surface area contributed by atoms with Crippen LogP contribution in [-0.4, -0.2) is 24.5 Å². The Labute approximate surface area is 104 Å². The quantitative estimate of drug-likeness (QED) is 0.841. The van der Waals surface area contributed by atoms with Crippen molar-refractivity contribution < 1.29 is 0 Å². The van der Waals surface area contributed by atoms with Crippen LogP contribution in [-0.2, 0) is 20.0 Å². The number of rotatable bonds is 4. The highest BCUT2D eigenvalue weighted by Gasteiger charge is 2.28. The molecule has 0 spiro atoms. The fourth-order valence-corrected chi connectivity index (χ4v) is 2.27. The van der Waals surface area contributed by atoms with E-state index in [1.807, 2.05) is 24.1 Å². The van der Waals surface area contributed by atoms with Gasteiger partial charge in [-0.1, -0.05) is 0 Å². The molecule has 0 unspecified atom stereocenters. The minimum atomic E-state index is 0.622. The molecule has 0 amide bonds. The fourth-order valence-electron chi connectivity index (χ4n) is 2.04. The predicted octanol–water partition coefficient (Wildman–Crippen LogP) is 1.79. The van der Waals surface area contributed by atoms with Crippen LogP contribution in [0.25, 0.3) is 0 Å². The zero-order chi connectivity index (χ0) is 11.8. The lowest BCUT2D eigenvalue weighted by Crippen LogP contribution is -2.05. The van der Waals surface area contributed by atoms with Gasteiger partial charge in [-0.3, -0.25) is 9.78 Å². The van der Waals surface area contributed by atoms with Gasteiger partial charge >= 0.3 is 0 Å². The Morgan fingerprint density at radius 2 is 2.35 bits per heavy atom. The molecule has 1 aliphatic carbocycles. The van der Waals surface area contributed by atoms with Crippen LogP contribution in [0.2, 0.25) is 0 Å². The maximum absolute atomic E-state index is 5.26. The standard InChI is InChI=1S/C11H15N5S/c1-15-7-8(6-12-15)4-5-16-10(9-2-3-9)13-14-11(16)17/h6-7,9H,2-5H2,1H3,(H,14,17). The molecule has 1 aliphatic rings. The number of aromatic amines is 1. The average molecular weight is 249 g/mol. The third-order valence-corrected chi connectivity index (χ3v) is 3.42. The van der Waals surface area contributed by atoms with Crippen LogP contribution in [0.4, 0.5) is 0 Å². The Bertz CT molecular complexity index is 575. The number of aromatic nitrogens is 5. The van der Waals surface area contributed by atoms with Gasteiger partial charge in [-0.25, -0.2) is 0 Å². The lowest BCUT2D eigenvalue weighted by atomic mass is 10.2. The second-order valence-electron chi connectivity index (χ2n) is 4.59. The van der Waals surface area contributed by atoms with Crippen LogP contribution < -0.4 is 0 Å². The molecule has 1 fully saturated rings. The average Bonchev–Trinajstić information content (AvgIpc) is 2.97. The molecule has 0 aliphatic heterocycles. The molecule has 0 bridgehead atoms. The first kappa shape index (κ1) is 10.7. The minimum Gasteiger partial charge on any atom is -0.304 e. The number of hydrogen-bond acceptors (Lipinski definition) is 3. The van der Waals surface area contributed by atoms with Crippen molar-refractivity contribution in [2.24, 2.45) is 7.05 Å². The van der Waals surface area contributed by atoms with Crippen molar-refractivity contribution >= 4 is 12.2 Å². The van der Waals surface area contributed by atoms with Gasteiger partial charge in [0, 0.05) is 25.7 Å². The lowest BCUT2D eigenvalue weighted by Gasteiger charge is -2.04. The molecule has 0 atom stereocenters. The molecular formula is C11H15N5S. The Kier molecular flexibility index (Phi) is 2.58. The van der Waals surface area contributed by atoms with Crippen molar-refractivity contribution in [3.05, 3.63) is 28.6 Å². The summed E-state index contributed by atoms with van der Waals surface area (Å²) in [6.07, 6.45) is 7.38. The Balaban J connectivity index is 1.76. The molecule has 3 rings (SSSR count). The molecule has 90 valence electrons. The van der Waals surface area contributed by atoms with Crippen molar-refractivity contribution in [3.8, 4) is 0 Å². The van der Waals surface area contributed by atoms with Gasteiger partial charge < -0.3 is 4.57 Å². The lowest BCUT2D eigenvalue weighted by molar-refractivity contribution is 0.645. The zero-order valence-electron chi connectivity index (χ0n) is 9.76. The topological polar surface area (TPSA) is 51.4 Å². The summed E-state index contributed by atoms with van der Waals surface area (Å²) in [7, 11) is 1.93. The fraction of sp³-hybridized carbons (Fsp3) is 0.545. The minimum absolute atomic E-state index is 0.622. The van der Waals surface area contributed by atoms with Crippen LogP contribution >= 0.6 is 12.2 Å². The van der Waals surface area contributed by atoms with E-state index in [0.717, 1.165) is 23.6 Å². The number of nitrogens with one attached hydrogen (secondary N) is 1. The van der Waals surface area contributed by atoms with Gasteiger partial charge in [0.2, 0.25) is 0 Å². The smallest absolute Gasteiger partial charge is 0.195 e. The Hall–Kier alpha value is -1.43. The van der Waals surface area contributed by atoms with Crippen LogP contribution in [0.3, 0.4) is 0 Å². The molecule has 5 nitrogen and oxygen atoms in total. The molecular weight excluding hydrogens is 234 g/mol. The third kappa shape index (κ3) is 2.17. The van der Waals surface area contributed by atoms with E-state index in [4.69, 9.17) is 12.2 Å². The highest BCUT2D eigenvalue weighted by molar-refractivity contribution is 7.71. The Morgan fingerprint density at radius 3 is 3.00 bits per heavy atom. The van der Waals surface area contributed by atoms with Gasteiger partial charge in [0.25, 0.3) is 0 Å². The van der Waals surface area contributed by atoms with Gasteiger partial charge in [-0.15, -0.1) is 0 Å². The number of hydrogen-bond donors (Lipinski definition) is 1. The largest absolute Gasteiger partial charge is 0.304 e. The summed E-state index contributed by atoms with van der Waals surface area (Å²) < 4.78 is 4.68. The van der Waals surface area contributed by atoms with E-state index in [0.29, 0.717) is 5.92 Å². The van der Waals surface area contributed by atoms with Crippen LogP contribution in [0.1, 0.15) is 30.1 Å². The van der Waals surface area contributed by atoms with E-state index in [-0.39, 0.29) is 0 Å². The molecule has 0 aromatic carbocycles. The van der Waals surface area contributed by atoms with E-state index in [1.54, 1.807) is 0 Å². The first-order valence-electron chi connectivity index (χ1n) is 5.86. The van der Waals surface area contributed by atoms with Crippen molar-refractivity contribution in [1.29, 1.82) is 0 Å². The third-order valence-electron chi connectivity index (χ3n) is 3.11. The van der Waals surface area contributed by atoms with Crippen LogP contribution in [0, 0.1) is 4.77 Å². The maximum Gasteiger partial charge on any atom is 0.195 e. The molecule has 0 radical (unpaired) electrons. The zero-order valence-corrected chi connectivity index (χ0v) is 10.6. The summed E-state index contributed by atoms with van der Waals surface area (Å²) in [5.74, 6) is 1.75. The molecule has 1 saturated carbocycles. The predicted molar refractivity (Wildman–Crippen MR) is 66.3 cm³/mol. The molecule has 2 aromatic rings. The van der Waals surface area contributed by atoms with Gasteiger partial charge in [0.15, 0.2) is 4.77 Å². The molecule has 2 aromatic heterocycles. The highest BCUT2D eigenvalue weighted by atomic mass is 32.1. The normalized spacial score (nSPS) is 15.4. The molecule has 17 heavy (non-hydrogen) atoms. The number of aryl methyl sites for hydroxylation is 2. The van der Waals surface area contributed by atoms with Crippen molar-refractivity contribution in [2.75, 3.05) is 0 Å². The molecule has 0 saturated heterocycles. The first-order valence-corrected chi connectivity index (χ1v) is 6.27. The Morgan fingerprint density at radius 1 is 1.53 bits per heavy atom. The SMILES string of the molecule is Cn1cc(CCn2c(C3CC3)n[nH]c2=S)cn1. The van der Waals surface area contributed by atoms with Gasteiger partial charge in [0.05, 0.1) is 6.20 Å². The summed E-state index contributed by atoms with van der Waals surface area (Å²) in [4.78, 5) is 0. The van der Waals surface area contributed by atoms with E-state index in [9.17, 15) is 0 Å². The van der Waals surface area contributed by atoms with Crippen molar-refractivity contribution in [1.82, 2.24) is 24.5 Å². The highest BCUT2D eigenvalue weighted by Crippen LogP contribution is 2.38. The van der Waals surface area contributed by atoms with E-state index < -0.39 is 0 Å². The summed E-state index contributed by atoms with van der Waals surface area (Å²) in [5.41, 5.74) is 1.23. The molecule has 1 N–H and O–H groups in total. The maximum atomic E-state index is 5.26. The summed E-state index contributed by atoms with van der Waals surface area (Å²) >= 11 is 5.26. The summed E-state index contributed by atoms with van der Waals surface area (Å²) in [6.45, 7) is 0.882. The number of nitrogens with zero attached hydrogens (tertiary/aromatic N) is 4. The van der Waals surface area contributed by atoms with E-state index in [2.05, 4.69) is 19.9 Å². The van der Waals surface area contributed by atoms with Crippen LogP contribution in [0.5, 0.6) is 0 Å². The van der Waals surface area contributed by atoms with Crippen molar-refractivity contribution in [2.45, 2.75) is 31.7 Å². The molecule has 2 heterocycles. The summed E-state index contributed by atoms with van der Waals surface area (Å²) in [5, 5.41) is 11.4. The second-order valence-corrected chi connectivity index (χ2v) is 4.97. The number of H-pyrrole nitrogens is 1. The van der Waals surface area contributed by atoms with Gasteiger partial charge in [0.1, 0.15) is 5.82 Å². The van der Waals surface area contributed by atoms with Gasteiger partial charge in [-0.2, -0.15) is 10.2 Å². The van der Waals surface area contributed by atoms with E-state index >= 15 is 0 Å². The van der Waals surface area contributed by atoms with E-state index in [1.165, 1.54) is 18.4 Å². The van der Waals surface area contributed by atoms with Crippen LogP contribution in [0.15, 0.2) is 12.4 Å². The second kappa shape index (κ2) is 4.10. The monoisotopic (exact) mass is 249 g/mol. The summed E-state index contributed by atoms with van der Waals surface area (Å²) in [6, 6.07) is 0. The molecule has 6 heteroatoms. The van der Waals surface area contributed by atoms with Gasteiger partial charge in [-0.05, 0) is 37.0 Å².